The van der Waals surface area contributed by atoms with E-state index in [1.807, 2.05) is 11.8 Å². The summed E-state index contributed by atoms with van der Waals surface area (Å²) in [6.45, 7) is 8.32. The Morgan fingerprint density at radius 3 is 2.76 bits per heavy atom. The Morgan fingerprint density at radius 1 is 1.32 bits per heavy atom. The third-order valence-corrected chi connectivity index (χ3v) is 5.94. The van der Waals surface area contributed by atoms with Crippen molar-refractivity contribution in [2.75, 3.05) is 19.6 Å². The average molecular weight is 364 g/mol. The van der Waals surface area contributed by atoms with Gasteiger partial charge in [0.1, 0.15) is 4.88 Å². The van der Waals surface area contributed by atoms with Crippen molar-refractivity contribution in [3.8, 4) is 0 Å². The van der Waals surface area contributed by atoms with Gasteiger partial charge in [0.25, 0.3) is 5.91 Å². The molecule has 1 saturated heterocycles. The van der Waals surface area contributed by atoms with Gasteiger partial charge in [-0.3, -0.25) is 9.59 Å². The number of nitrogens with zero attached hydrogens (tertiary/aromatic N) is 2. The molecule has 0 radical (unpaired) electrons. The van der Waals surface area contributed by atoms with E-state index in [9.17, 15) is 9.59 Å². The molecule has 0 aromatic carbocycles. The van der Waals surface area contributed by atoms with Crippen LogP contribution < -0.4 is 5.32 Å². The lowest BCUT2D eigenvalue weighted by Crippen LogP contribution is -2.45. The van der Waals surface area contributed by atoms with Crippen LogP contribution in [0, 0.1) is 24.7 Å². The van der Waals surface area contributed by atoms with E-state index in [2.05, 4.69) is 24.1 Å². The smallest absolute Gasteiger partial charge is 0.265 e. The van der Waals surface area contributed by atoms with Crippen LogP contribution in [-0.2, 0) is 11.2 Å². The zero-order valence-electron chi connectivity index (χ0n) is 15.5. The van der Waals surface area contributed by atoms with E-state index >= 15 is 0 Å². The van der Waals surface area contributed by atoms with Gasteiger partial charge in [-0.1, -0.05) is 13.8 Å². The second-order valence-corrected chi connectivity index (χ2v) is 9.09. The largest absolute Gasteiger partial charge is 0.356 e. The molecule has 2 heterocycles. The third-order valence-electron chi connectivity index (χ3n) is 4.94. The number of piperidine rings is 1. The quantitative estimate of drug-likeness (QED) is 0.845. The van der Waals surface area contributed by atoms with Crippen LogP contribution >= 0.6 is 11.3 Å². The van der Waals surface area contributed by atoms with Gasteiger partial charge in [-0.05, 0) is 50.9 Å². The molecule has 1 atom stereocenters. The fourth-order valence-corrected chi connectivity index (χ4v) is 4.31. The molecule has 0 spiro atoms. The first kappa shape index (κ1) is 18.4. The maximum absolute atomic E-state index is 13.0. The molecule has 2 fully saturated rings. The number of amides is 2. The minimum atomic E-state index is -0.0704. The molecule has 1 N–H and O–H groups in total. The second-order valence-electron chi connectivity index (χ2n) is 7.89. The molecule has 1 aliphatic carbocycles. The van der Waals surface area contributed by atoms with Crippen molar-refractivity contribution in [2.24, 2.45) is 17.8 Å². The van der Waals surface area contributed by atoms with Crippen molar-refractivity contribution >= 4 is 23.2 Å². The molecule has 25 heavy (non-hydrogen) atoms. The fraction of sp³-hybridized carbons (Fsp3) is 0.737. The molecule has 1 aromatic heterocycles. The lowest BCUT2D eigenvalue weighted by Gasteiger charge is -2.32. The highest BCUT2D eigenvalue weighted by Gasteiger charge is 2.31. The number of nitrogens with one attached hydrogen (secondary N) is 1. The predicted octanol–water partition coefficient (Wildman–Crippen LogP) is 3.03. The van der Waals surface area contributed by atoms with Crippen LogP contribution in [0.25, 0.3) is 0 Å². The average Bonchev–Trinajstić information content (AvgIpc) is 3.34. The Balaban J connectivity index is 1.64. The summed E-state index contributed by atoms with van der Waals surface area (Å²) in [7, 11) is 0. The van der Waals surface area contributed by atoms with Crippen LogP contribution in [-0.4, -0.2) is 41.3 Å². The Labute approximate surface area is 154 Å². The maximum atomic E-state index is 13.0. The summed E-state index contributed by atoms with van der Waals surface area (Å²) in [5.74, 6) is 1.26. The van der Waals surface area contributed by atoms with Crippen molar-refractivity contribution in [1.29, 1.82) is 0 Å². The van der Waals surface area contributed by atoms with Gasteiger partial charge in [0.2, 0.25) is 5.91 Å². The lowest BCUT2D eigenvalue weighted by molar-refractivity contribution is -0.126. The normalized spacial score (nSPS) is 20.8. The molecule has 2 amide bonds. The minimum absolute atomic E-state index is 0.0564. The van der Waals surface area contributed by atoms with Gasteiger partial charge in [-0.25, -0.2) is 4.98 Å². The molecule has 1 saturated carbocycles. The van der Waals surface area contributed by atoms with Crippen LogP contribution in [0.2, 0.25) is 0 Å². The van der Waals surface area contributed by atoms with Crippen LogP contribution in [0.5, 0.6) is 0 Å². The highest BCUT2D eigenvalue weighted by atomic mass is 32.1. The monoisotopic (exact) mass is 363 g/mol. The first-order valence-corrected chi connectivity index (χ1v) is 10.3. The van der Waals surface area contributed by atoms with E-state index in [-0.39, 0.29) is 17.7 Å². The zero-order chi connectivity index (χ0) is 18.0. The molecular formula is C19H29N3O2S. The van der Waals surface area contributed by atoms with Gasteiger partial charge in [-0.15, -0.1) is 11.3 Å². The molecule has 5 nitrogen and oxygen atoms in total. The van der Waals surface area contributed by atoms with Gasteiger partial charge >= 0.3 is 0 Å². The standard InChI is InChI=1S/C19H29N3O2S/c1-12(2)9-16-17(25-13(3)21-16)19(24)22-8-4-5-15(11-22)18(23)20-10-14-6-7-14/h12,14-15H,4-11H2,1-3H3,(H,20,23). The Morgan fingerprint density at radius 2 is 2.08 bits per heavy atom. The van der Waals surface area contributed by atoms with Gasteiger partial charge in [0.15, 0.2) is 0 Å². The summed E-state index contributed by atoms with van der Waals surface area (Å²) in [4.78, 5) is 32.6. The molecule has 1 aromatic rings. The van der Waals surface area contributed by atoms with Crippen molar-refractivity contribution in [1.82, 2.24) is 15.2 Å². The van der Waals surface area contributed by atoms with E-state index in [4.69, 9.17) is 0 Å². The number of hydrogen-bond acceptors (Lipinski definition) is 4. The number of thiazole rings is 1. The Hall–Kier alpha value is -1.43. The van der Waals surface area contributed by atoms with Gasteiger partial charge in [0.05, 0.1) is 16.6 Å². The van der Waals surface area contributed by atoms with E-state index < -0.39 is 0 Å². The summed E-state index contributed by atoms with van der Waals surface area (Å²) in [5, 5.41) is 4.01. The molecular weight excluding hydrogens is 334 g/mol. The topological polar surface area (TPSA) is 62.3 Å². The summed E-state index contributed by atoms with van der Waals surface area (Å²) in [6, 6.07) is 0. The van der Waals surface area contributed by atoms with E-state index in [0.717, 1.165) is 47.9 Å². The summed E-state index contributed by atoms with van der Waals surface area (Å²) in [6.07, 6.45) is 5.06. The number of carbonyl (C=O) groups is 2. The molecule has 2 aliphatic rings. The van der Waals surface area contributed by atoms with Crippen molar-refractivity contribution in [3.05, 3.63) is 15.6 Å². The van der Waals surface area contributed by atoms with E-state index in [0.29, 0.717) is 18.4 Å². The SMILES string of the molecule is Cc1nc(CC(C)C)c(C(=O)N2CCCC(C(=O)NCC3CC3)C2)s1. The summed E-state index contributed by atoms with van der Waals surface area (Å²) >= 11 is 1.49. The minimum Gasteiger partial charge on any atom is -0.356 e. The lowest BCUT2D eigenvalue weighted by atomic mass is 9.96. The highest BCUT2D eigenvalue weighted by Crippen LogP contribution is 2.28. The van der Waals surface area contributed by atoms with Crippen molar-refractivity contribution < 1.29 is 9.59 Å². The molecule has 1 aliphatic heterocycles. The Bertz CT molecular complexity index is 637. The van der Waals surface area contributed by atoms with E-state index in [1.165, 1.54) is 24.2 Å². The number of rotatable bonds is 6. The number of aromatic nitrogens is 1. The van der Waals surface area contributed by atoms with Crippen LogP contribution in [0.4, 0.5) is 0 Å². The third kappa shape index (κ3) is 4.81. The highest BCUT2D eigenvalue weighted by molar-refractivity contribution is 7.13. The van der Waals surface area contributed by atoms with Gasteiger partial charge in [-0.2, -0.15) is 0 Å². The molecule has 0 bridgehead atoms. The number of hydrogen-bond donors (Lipinski definition) is 1. The molecule has 3 rings (SSSR count). The van der Waals surface area contributed by atoms with Crippen LogP contribution in [0.15, 0.2) is 0 Å². The number of aryl methyl sites for hydroxylation is 1. The molecule has 1 unspecified atom stereocenters. The van der Waals surface area contributed by atoms with Gasteiger partial charge < -0.3 is 10.2 Å². The first-order valence-electron chi connectivity index (χ1n) is 9.47. The van der Waals surface area contributed by atoms with Crippen LogP contribution in [0.3, 0.4) is 0 Å². The number of likely N-dealkylation sites (tertiary alicyclic amines) is 1. The van der Waals surface area contributed by atoms with Crippen LogP contribution in [0.1, 0.15) is 59.9 Å². The van der Waals surface area contributed by atoms with Crippen molar-refractivity contribution in [3.63, 3.8) is 0 Å². The van der Waals surface area contributed by atoms with Gasteiger partial charge in [0, 0.05) is 19.6 Å². The summed E-state index contributed by atoms with van der Waals surface area (Å²) < 4.78 is 0. The number of carbonyl (C=O) groups excluding carboxylic acids is 2. The Kier molecular flexibility index (Phi) is 5.77. The van der Waals surface area contributed by atoms with E-state index in [1.54, 1.807) is 0 Å². The zero-order valence-corrected chi connectivity index (χ0v) is 16.3. The first-order chi connectivity index (χ1) is 11.9. The summed E-state index contributed by atoms with van der Waals surface area (Å²) in [5.41, 5.74) is 0.919. The van der Waals surface area contributed by atoms with Crippen molar-refractivity contribution in [2.45, 2.75) is 52.9 Å². The fourth-order valence-electron chi connectivity index (χ4n) is 3.39. The maximum Gasteiger partial charge on any atom is 0.265 e. The molecule has 6 heteroatoms. The molecule has 138 valence electrons. The predicted molar refractivity (Wildman–Crippen MR) is 99.8 cm³/mol. The second kappa shape index (κ2) is 7.85.